The molecule has 0 aromatic heterocycles. The van der Waals surface area contributed by atoms with Crippen LogP contribution in [0.15, 0.2) is 24.3 Å². The Balaban J connectivity index is 3.36. The number of nitrogens with zero attached hydrogens (tertiary/aromatic N) is 2. The van der Waals surface area contributed by atoms with E-state index in [1.165, 1.54) is 24.3 Å². The Morgan fingerprint density at radius 2 is 1.73 bits per heavy atom. The number of esters is 2. The quantitative estimate of drug-likeness (QED) is 0.234. The van der Waals surface area contributed by atoms with Crippen molar-refractivity contribution in [2.45, 2.75) is 63.1 Å². The van der Waals surface area contributed by atoms with Gasteiger partial charge in [-0.1, -0.05) is 49.2 Å². The number of alkyl halides is 2. The van der Waals surface area contributed by atoms with Crippen LogP contribution in [0.3, 0.4) is 0 Å². The van der Waals surface area contributed by atoms with E-state index in [9.17, 15) is 29.8 Å². The fourth-order valence-electron chi connectivity index (χ4n) is 2.64. The number of hydrogen-bond acceptors (Lipinski definition) is 8. The van der Waals surface area contributed by atoms with Crippen LogP contribution in [-0.2, 0) is 30.3 Å². The lowest BCUT2D eigenvalue weighted by molar-refractivity contribution is -0.384. The molecule has 0 aliphatic carbocycles. The summed E-state index contributed by atoms with van der Waals surface area (Å²) in [7, 11) is 0. The molecular formula is C21H25Cl2N3O7. The molecule has 0 unspecified atom stereocenters. The number of carbonyl (C=O) groups excluding carboxylic acids is 3. The molecule has 0 saturated carbocycles. The van der Waals surface area contributed by atoms with Crippen LogP contribution in [0, 0.1) is 27.4 Å². The standard InChI is InChI=1S/C21H25Cl2N3O7/c1-12(2)15(32-18(28)16(22)23)17(27)25-21(11-24,19(29)33-20(3,4)5)10-13-6-8-14(9-7-13)26(30)31/h6-9,12,15-16H,10H2,1-5H3,(H,25,27)/t15-,21+/m0/s1. The van der Waals surface area contributed by atoms with Gasteiger partial charge in [-0.25, -0.2) is 9.59 Å². The first kappa shape index (κ1) is 28.1. The minimum atomic E-state index is -2.22. The molecule has 0 aliphatic rings. The summed E-state index contributed by atoms with van der Waals surface area (Å²) >= 11 is 11.0. The highest BCUT2D eigenvalue weighted by atomic mass is 35.5. The Labute approximate surface area is 201 Å². The summed E-state index contributed by atoms with van der Waals surface area (Å²) in [5.74, 6) is -3.62. The average Bonchev–Trinajstić information content (AvgIpc) is 2.69. The normalized spacial score (nSPS) is 14.1. The van der Waals surface area contributed by atoms with Gasteiger partial charge in [0.2, 0.25) is 10.4 Å². The molecule has 12 heteroatoms. The zero-order chi connectivity index (χ0) is 25.6. The molecule has 0 aliphatic heterocycles. The van der Waals surface area contributed by atoms with E-state index in [0.717, 1.165) is 0 Å². The first-order valence-corrected chi connectivity index (χ1v) is 10.7. The van der Waals surface area contributed by atoms with Crippen molar-refractivity contribution in [1.82, 2.24) is 5.32 Å². The van der Waals surface area contributed by atoms with E-state index in [2.05, 4.69) is 5.32 Å². The Bertz CT molecular complexity index is 937. The molecule has 0 bridgehead atoms. The highest BCUT2D eigenvalue weighted by molar-refractivity contribution is 6.52. The molecule has 33 heavy (non-hydrogen) atoms. The van der Waals surface area contributed by atoms with Crippen LogP contribution in [-0.4, -0.2) is 44.8 Å². The maximum atomic E-state index is 13.0. The van der Waals surface area contributed by atoms with E-state index in [0.29, 0.717) is 5.56 Å². The number of nitrogens with one attached hydrogen (secondary N) is 1. The van der Waals surface area contributed by atoms with Gasteiger partial charge in [-0.3, -0.25) is 14.9 Å². The first-order valence-electron chi connectivity index (χ1n) is 9.80. The van der Waals surface area contributed by atoms with E-state index in [1.807, 2.05) is 0 Å². The van der Waals surface area contributed by atoms with E-state index >= 15 is 0 Å². The smallest absolute Gasteiger partial charge is 0.347 e. The fraction of sp³-hybridized carbons (Fsp3) is 0.524. The summed E-state index contributed by atoms with van der Waals surface area (Å²) in [5.41, 5.74) is -3.06. The van der Waals surface area contributed by atoms with E-state index in [-0.39, 0.29) is 12.1 Å². The van der Waals surface area contributed by atoms with E-state index in [1.54, 1.807) is 40.7 Å². The molecule has 1 aromatic carbocycles. The largest absolute Gasteiger partial charge is 0.457 e. The Morgan fingerprint density at radius 1 is 1.18 bits per heavy atom. The van der Waals surface area contributed by atoms with Gasteiger partial charge in [-0.2, -0.15) is 5.26 Å². The first-order chi connectivity index (χ1) is 15.1. The molecule has 0 spiro atoms. The van der Waals surface area contributed by atoms with E-state index < -0.39 is 50.8 Å². The maximum Gasteiger partial charge on any atom is 0.347 e. The fourth-order valence-corrected chi connectivity index (χ4v) is 2.74. The van der Waals surface area contributed by atoms with Crippen LogP contribution in [0.2, 0.25) is 0 Å². The molecule has 1 rings (SSSR count). The minimum Gasteiger partial charge on any atom is -0.457 e. The van der Waals surface area contributed by atoms with Crippen LogP contribution in [0.4, 0.5) is 5.69 Å². The minimum absolute atomic E-state index is 0.189. The van der Waals surface area contributed by atoms with Crippen molar-refractivity contribution in [3.63, 3.8) is 0 Å². The number of benzene rings is 1. The summed E-state index contributed by atoms with van der Waals surface area (Å²) in [5, 5.41) is 23.2. The molecule has 0 saturated heterocycles. The monoisotopic (exact) mass is 501 g/mol. The summed E-state index contributed by atoms with van der Waals surface area (Å²) in [6.07, 6.45) is -1.78. The number of ether oxygens (including phenoxy) is 2. The second-order valence-electron chi connectivity index (χ2n) is 8.51. The van der Waals surface area contributed by atoms with Gasteiger partial charge in [0.15, 0.2) is 6.10 Å². The Morgan fingerprint density at radius 3 is 2.12 bits per heavy atom. The number of carbonyl (C=O) groups is 3. The third-order valence-corrected chi connectivity index (χ3v) is 4.53. The van der Waals surface area contributed by atoms with Crippen molar-refractivity contribution in [2.75, 3.05) is 0 Å². The lowest BCUT2D eigenvalue weighted by atomic mass is 9.90. The van der Waals surface area contributed by atoms with Gasteiger partial charge >= 0.3 is 11.9 Å². The van der Waals surface area contributed by atoms with Crippen LogP contribution < -0.4 is 5.32 Å². The highest BCUT2D eigenvalue weighted by Crippen LogP contribution is 2.23. The van der Waals surface area contributed by atoms with Crippen LogP contribution in [0.25, 0.3) is 0 Å². The van der Waals surface area contributed by atoms with Crippen molar-refractivity contribution in [2.24, 2.45) is 5.92 Å². The van der Waals surface area contributed by atoms with Crippen molar-refractivity contribution >= 4 is 46.7 Å². The molecule has 180 valence electrons. The summed E-state index contributed by atoms with van der Waals surface area (Å²) in [6, 6.07) is 6.90. The maximum absolute atomic E-state index is 13.0. The predicted octanol–water partition coefficient (Wildman–Crippen LogP) is 3.23. The summed E-state index contributed by atoms with van der Waals surface area (Å²) in [6.45, 7) is 7.90. The molecule has 0 fully saturated rings. The summed E-state index contributed by atoms with van der Waals surface area (Å²) < 4.78 is 10.4. The van der Waals surface area contributed by atoms with Crippen LogP contribution in [0.1, 0.15) is 40.2 Å². The molecule has 10 nitrogen and oxygen atoms in total. The number of non-ortho nitro benzene ring substituents is 1. The lowest BCUT2D eigenvalue weighted by Gasteiger charge is -2.32. The molecular weight excluding hydrogens is 477 g/mol. The van der Waals surface area contributed by atoms with Gasteiger partial charge < -0.3 is 14.8 Å². The second kappa shape index (κ2) is 11.3. The number of nitriles is 1. The number of nitro benzene ring substituents is 1. The molecule has 1 aromatic rings. The number of rotatable bonds is 9. The number of nitro groups is 1. The summed E-state index contributed by atoms with van der Waals surface area (Å²) in [4.78, 5) is 46.6. The van der Waals surface area contributed by atoms with Crippen molar-refractivity contribution < 1.29 is 28.8 Å². The number of amides is 1. The third-order valence-electron chi connectivity index (χ3n) is 4.18. The number of hydrogen-bond donors (Lipinski definition) is 1. The van der Waals surface area contributed by atoms with Crippen molar-refractivity contribution in [3.8, 4) is 6.07 Å². The third kappa shape index (κ3) is 8.18. The lowest BCUT2D eigenvalue weighted by Crippen LogP contribution is -2.60. The molecule has 0 radical (unpaired) electrons. The molecule has 2 atom stereocenters. The topological polar surface area (TPSA) is 149 Å². The van der Waals surface area contributed by atoms with Crippen LogP contribution >= 0.6 is 23.2 Å². The van der Waals surface area contributed by atoms with Gasteiger partial charge in [-0.05, 0) is 32.3 Å². The zero-order valence-corrected chi connectivity index (χ0v) is 20.3. The van der Waals surface area contributed by atoms with E-state index in [4.69, 9.17) is 32.7 Å². The van der Waals surface area contributed by atoms with Gasteiger partial charge in [0.05, 0.1) is 4.92 Å². The predicted molar refractivity (Wildman–Crippen MR) is 119 cm³/mol. The zero-order valence-electron chi connectivity index (χ0n) is 18.8. The molecule has 1 N–H and O–H groups in total. The van der Waals surface area contributed by atoms with Crippen LogP contribution in [0.5, 0.6) is 0 Å². The van der Waals surface area contributed by atoms with Gasteiger partial charge in [0, 0.05) is 18.6 Å². The van der Waals surface area contributed by atoms with Gasteiger partial charge in [0.1, 0.15) is 11.7 Å². The van der Waals surface area contributed by atoms with Gasteiger partial charge in [-0.15, -0.1) is 0 Å². The molecule has 0 heterocycles. The highest BCUT2D eigenvalue weighted by Gasteiger charge is 2.46. The van der Waals surface area contributed by atoms with Crippen molar-refractivity contribution in [3.05, 3.63) is 39.9 Å². The Kier molecular flexibility index (Phi) is 9.63. The molecule has 1 amide bonds. The SMILES string of the molecule is CC(C)[C@H](OC(=O)C(Cl)Cl)C(=O)N[C@@](C#N)(Cc1ccc([N+](=O)[O-])cc1)C(=O)OC(C)(C)C. The Hall–Kier alpha value is -2.90. The van der Waals surface area contributed by atoms with Crippen molar-refractivity contribution in [1.29, 1.82) is 5.26 Å². The average molecular weight is 502 g/mol. The van der Waals surface area contributed by atoms with Gasteiger partial charge in [0.25, 0.3) is 11.6 Å². The number of halogens is 2. The second-order valence-corrected chi connectivity index (χ2v) is 9.61.